The zero-order chi connectivity index (χ0) is 29.7. The smallest absolute Gasteiger partial charge is 0.320 e. The molecule has 0 heterocycles. The van der Waals surface area contributed by atoms with Crippen LogP contribution in [0.3, 0.4) is 0 Å². The van der Waals surface area contributed by atoms with Crippen LogP contribution in [0.15, 0.2) is 102 Å². The molecule has 7 heteroatoms. The third kappa shape index (κ3) is 6.81. The lowest BCUT2D eigenvalue weighted by Crippen LogP contribution is -2.30. The van der Waals surface area contributed by atoms with Crippen molar-refractivity contribution in [2.45, 2.75) is 31.5 Å². The van der Waals surface area contributed by atoms with Gasteiger partial charge in [-0.05, 0) is 50.5 Å². The predicted octanol–water partition coefficient (Wildman–Crippen LogP) is 7.21. The number of halogens is 1. The Balaban J connectivity index is 1.78. The second-order valence-corrected chi connectivity index (χ2v) is 11.8. The molecule has 0 aliphatic carbocycles. The number of carbonyl (C=O) groups is 4. The Hall–Kier alpha value is -4.49. The third-order valence-electron chi connectivity index (χ3n) is 6.62. The highest BCUT2D eigenvalue weighted by atomic mass is 79.9. The fraction of sp³-hybridized carbons (Fsp3) is 0.147. The van der Waals surface area contributed by atoms with Crippen LogP contribution in [0.5, 0.6) is 0 Å². The number of carboxylic acid groups (broad SMARTS) is 1. The first-order valence-corrected chi connectivity index (χ1v) is 13.7. The molecule has 4 aromatic carbocycles. The van der Waals surface area contributed by atoms with Crippen LogP contribution in [0.4, 0.5) is 5.69 Å². The zero-order valence-electron chi connectivity index (χ0n) is 22.9. The van der Waals surface area contributed by atoms with Gasteiger partial charge in [0.15, 0.2) is 11.6 Å². The van der Waals surface area contributed by atoms with Crippen molar-refractivity contribution < 1.29 is 24.3 Å². The van der Waals surface area contributed by atoms with E-state index in [1.165, 1.54) is 0 Å². The van der Waals surface area contributed by atoms with Crippen molar-refractivity contribution in [1.82, 2.24) is 0 Å². The molecule has 0 aromatic heterocycles. The van der Waals surface area contributed by atoms with E-state index in [-0.39, 0.29) is 46.3 Å². The van der Waals surface area contributed by atoms with E-state index < -0.39 is 10.3 Å². The van der Waals surface area contributed by atoms with Crippen molar-refractivity contribution in [1.29, 1.82) is 0 Å². The number of Topliss-reactive ketones (excluding diaryl/α,β-unsaturated/α-hetero) is 1. The number of benzene rings is 4. The first kappa shape index (κ1) is 29.5. The molecule has 1 unspecified atom stereocenters. The summed E-state index contributed by atoms with van der Waals surface area (Å²) in [7, 11) is 0. The van der Waals surface area contributed by atoms with Gasteiger partial charge >= 0.3 is 5.97 Å². The van der Waals surface area contributed by atoms with Crippen molar-refractivity contribution in [2.24, 2.45) is 4.99 Å². The fourth-order valence-corrected chi connectivity index (χ4v) is 4.72. The number of aryl methyl sites for hydroxylation is 1. The molecule has 6 nitrogen and oxygen atoms in total. The van der Waals surface area contributed by atoms with Crippen molar-refractivity contribution >= 4 is 50.6 Å². The van der Waals surface area contributed by atoms with Gasteiger partial charge in [-0.1, -0.05) is 101 Å². The summed E-state index contributed by atoms with van der Waals surface area (Å²) in [5, 5.41) is 9.38. The van der Waals surface area contributed by atoms with Crippen LogP contribution < -0.4 is 0 Å². The Bertz CT molecular complexity index is 1580. The Labute approximate surface area is 246 Å². The number of hydrogen-bond donors (Lipinski definition) is 1. The van der Waals surface area contributed by atoms with Crippen molar-refractivity contribution in [2.75, 3.05) is 0 Å². The summed E-state index contributed by atoms with van der Waals surface area (Å²) in [6.07, 6.45) is 0.225. The molecule has 0 amide bonds. The number of aliphatic imine (C=N–C) groups is 1. The standard InChI is InChI=1S/C34H28BrNO5/c1-21-18-27(31(38)24-10-6-4-7-11-24)29(28(19-21)32(39)25-12-8-5-9-13-25)36-22(2)30(37)26-16-14-23(15-17-26)20-34(3,35)33(40)41/h4-19H,20H2,1-3H3,(H,40,41). The van der Waals surface area contributed by atoms with E-state index in [1.54, 1.807) is 106 Å². The maximum atomic E-state index is 13.6. The molecule has 0 aliphatic heterocycles. The number of aliphatic carboxylic acids is 1. The van der Waals surface area contributed by atoms with Gasteiger partial charge in [-0.3, -0.25) is 19.2 Å². The SMILES string of the molecule is CC(=Nc1c(C(=O)c2ccccc2)cc(C)cc1C(=O)c1ccccc1)C(=O)c1ccc(CC(C)(Br)C(=O)O)cc1. The third-order valence-corrected chi connectivity index (χ3v) is 7.24. The van der Waals surface area contributed by atoms with E-state index >= 15 is 0 Å². The molecule has 0 aliphatic rings. The Kier molecular flexibility index (Phi) is 8.89. The first-order valence-electron chi connectivity index (χ1n) is 12.9. The molecule has 0 saturated carbocycles. The van der Waals surface area contributed by atoms with Crippen molar-refractivity contribution in [3.8, 4) is 0 Å². The first-order chi connectivity index (χ1) is 19.5. The van der Waals surface area contributed by atoms with Gasteiger partial charge in [0.25, 0.3) is 0 Å². The monoisotopic (exact) mass is 609 g/mol. The zero-order valence-corrected chi connectivity index (χ0v) is 24.4. The Morgan fingerprint density at radius 1 is 0.756 bits per heavy atom. The van der Waals surface area contributed by atoms with Gasteiger partial charge in [-0.2, -0.15) is 0 Å². The lowest BCUT2D eigenvalue weighted by Gasteiger charge is -2.17. The van der Waals surface area contributed by atoms with Crippen molar-refractivity contribution in [3.05, 3.63) is 136 Å². The molecule has 0 spiro atoms. The highest BCUT2D eigenvalue weighted by molar-refractivity contribution is 9.10. The van der Waals surface area contributed by atoms with Crippen LogP contribution >= 0.6 is 15.9 Å². The second-order valence-electron chi connectivity index (χ2n) is 10.0. The average molecular weight is 611 g/mol. The topological polar surface area (TPSA) is 101 Å². The molecule has 206 valence electrons. The van der Waals surface area contributed by atoms with E-state index in [4.69, 9.17) is 0 Å². The molecule has 4 rings (SSSR count). The van der Waals surface area contributed by atoms with E-state index in [0.29, 0.717) is 22.3 Å². The van der Waals surface area contributed by atoms with E-state index in [0.717, 1.165) is 5.56 Å². The van der Waals surface area contributed by atoms with E-state index in [9.17, 15) is 24.3 Å². The summed E-state index contributed by atoms with van der Waals surface area (Å²) < 4.78 is -1.13. The number of ketones is 3. The van der Waals surface area contributed by atoms with Gasteiger partial charge in [0.2, 0.25) is 5.78 Å². The minimum Gasteiger partial charge on any atom is -0.480 e. The number of alkyl halides is 1. The van der Waals surface area contributed by atoms with Gasteiger partial charge in [-0.25, -0.2) is 4.99 Å². The molecule has 0 fully saturated rings. The lowest BCUT2D eigenvalue weighted by atomic mass is 9.92. The quantitative estimate of drug-likeness (QED) is 0.116. The maximum absolute atomic E-state index is 13.6. The van der Waals surface area contributed by atoms with Crippen LogP contribution in [0, 0.1) is 6.92 Å². The molecular weight excluding hydrogens is 582 g/mol. The number of nitrogens with zero attached hydrogens (tertiary/aromatic N) is 1. The average Bonchev–Trinajstić information content (AvgIpc) is 2.97. The summed E-state index contributed by atoms with van der Waals surface area (Å²) in [4.78, 5) is 56.8. The van der Waals surface area contributed by atoms with Gasteiger partial charge in [0.1, 0.15) is 4.32 Å². The number of carboxylic acids is 1. The Morgan fingerprint density at radius 2 is 1.22 bits per heavy atom. The number of carbonyl (C=O) groups excluding carboxylic acids is 3. The van der Waals surface area contributed by atoms with Crippen LogP contribution in [-0.2, 0) is 11.2 Å². The summed E-state index contributed by atoms with van der Waals surface area (Å²) in [6.45, 7) is 4.91. The molecular formula is C34H28BrNO5. The highest BCUT2D eigenvalue weighted by Gasteiger charge is 2.30. The summed E-state index contributed by atoms with van der Waals surface area (Å²) in [5.74, 6) is -1.99. The van der Waals surface area contributed by atoms with Gasteiger partial charge in [0, 0.05) is 27.8 Å². The molecule has 4 aromatic rings. The normalized spacial score (nSPS) is 12.8. The minimum absolute atomic E-state index is 0.0988. The maximum Gasteiger partial charge on any atom is 0.320 e. The van der Waals surface area contributed by atoms with Gasteiger partial charge in [0.05, 0.1) is 11.4 Å². The molecule has 0 radical (unpaired) electrons. The van der Waals surface area contributed by atoms with Crippen LogP contribution in [-0.4, -0.2) is 38.5 Å². The summed E-state index contributed by atoms with van der Waals surface area (Å²) >= 11 is 3.23. The summed E-state index contributed by atoms with van der Waals surface area (Å²) in [6, 6.07) is 27.4. The van der Waals surface area contributed by atoms with Gasteiger partial charge < -0.3 is 5.11 Å². The van der Waals surface area contributed by atoms with Crippen LogP contribution in [0.2, 0.25) is 0 Å². The lowest BCUT2D eigenvalue weighted by molar-refractivity contribution is -0.139. The molecule has 0 bridgehead atoms. The molecule has 0 saturated heterocycles. The second kappa shape index (κ2) is 12.4. The molecule has 1 N–H and O–H groups in total. The van der Waals surface area contributed by atoms with Gasteiger partial charge in [-0.15, -0.1) is 0 Å². The fourth-order valence-electron chi connectivity index (χ4n) is 4.40. The predicted molar refractivity (Wildman–Crippen MR) is 163 cm³/mol. The minimum atomic E-state index is -1.13. The Morgan fingerprint density at radius 3 is 1.66 bits per heavy atom. The van der Waals surface area contributed by atoms with Crippen molar-refractivity contribution in [3.63, 3.8) is 0 Å². The van der Waals surface area contributed by atoms with E-state index in [1.807, 2.05) is 12.1 Å². The highest BCUT2D eigenvalue weighted by Crippen LogP contribution is 2.31. The number of rotatable bonds is 10. The number of hydrogen-bond acceptors (Lipinski definition) is 5. The molecule has 41 heavy (non-hydrogen) atoms. The van der Waals surface area contributed by atoms with Crippen LogP contribution in [0.25, 0.3) is 0 Å². The molecule has 1 atom stereocenters. The van der Waals surface area contributed by atoms with E-state index in [2.05, 4.69) is 20.9 Å². The van der Waals surface area contributed by atoms with Crippen LogP contribution in [0.1, 0.15) is 67.2 Å². The summed E-state index contributed by atoms with van der Waals surface area (Å²) in [5.41, 5.74) is 3.36. The largest absolute Gasteiger partial charge is 0.480 e.